The zero-order valence-electron chi connectivity index (χ0n) is 22.0. The van der Waals surface area contributed by atoms with Crippen molar-refractivity contribution >= 4 is 28.1 Å². The summed E-state index contributed by atoms with van der Waals surface area (Å²) in [5.74, 6) is 1.82. The van der Waals surface area contributed by atoms with Crippen LogP contribution in [0.2, 0.25) is 0 Å². The number of ketones is 1. The number of para-hydroxylation sites is 1. The second-order valence-electron chi connectivity index (χ2n) is 9.71. The van der Waals surface area contributed by atoms with Crippen LogP contribution in [0.1, 0.15) is 42.3 Å². The van der Waals surface area contributed by atoms with Crippen LogP contribution in [0, 0.1) is 0 Å². The number of anilines is 1. The molecule has 1 atom stereocenters. The van der Waals surface area contributed by atoms with Crippen LogP contribution in [-0.4, -0.2) is 36.3 Å². The van der Waals surface area contributed by atoms with E-state index in [-0.39, 0.29) is 5.78 Å². The van der Waals surface area contributed by atoms with Crippen LogP contribution in [0.15, 0.2) is 90.0 Å². The number of fused-ring (bicyclic) bond motifs is 4. The molecule has 0 saturated carbocycles. The maximum Gasteiger partial charge on any atom is 0.230 e. The number of ether oxygens (including phenoxy) is 2. The van der Waals surface area contributed by atoms with Crippen molar-refractivity contribution in [3.8, 4) is 11.5 Å². The highest BCUT2D eigenvalue weighted by Crippen LogP contribution is 2.48. The molecule has 4 aromatic rings. The molecular formula is C32H31N3O3. The summed E-state index contributed by atoms with van der Waals surface area (Å²) in [6.45, 7) is 7.84. The van der Waals surface area contributed by atoms with Crippen molar-refractivity contribution in [1.82, 2.24) is 4.90 Å². The molecule has 38 heavy (non-hydrogen) atoms. The Balaban J connectivity index is 1.49. The van der Waals surface area contributed by atoms with E-state index in [9.17, 15) is 4.79 Å². The Morgan fingerprint density at radius 3 is 2.29 bits per heavy atom. The maximum absolute atomic E-state index is 14.0. The number of benzene rings is 4. The van der Waals surface area contributed by atoms with Gasteiger partial charge in [0.15, 0.2) is 23.0 Å². The Labute approximate surface area is 223 Å². The minimum absolute atomic E-state index is 0.0835. The summed E-state index contributed by atoms with van der Waals surface area (Å²) in [6, 6.07) is 28.2. The van der Waals surface area contributed by atoms with Crippen molar-refractivity contribution in [2.24, 2.45) is 5.10 Å². The summed E-state index contributed by atoms with van der Waals surface area (Å²) in [7, 11) is 0. The third-order valence-electron chi connectivity index (χ3n) is 7.49. The van der Waals surface area contributed by atoms with E-state index in [1.807, 2.05) is 85.6 Å². The Kier molecular flexibility index (Phi) is 6.03. The summed E-state index contributed by atoms with van der Waals surface area (Å²) in [4.78, 5) is 16.2. The topological polar surface area (TPSA) is 54.4 Å². The first kappa shape index (κ1) is 24.0. The van der Waals surface area contributed by atoms with Gasteiger partial charge in [-0.05, 0) is 73.9 Å². The highest BCUT2D eigenvalue weighted by Gasteiger charge is 2.52. The van der Waals surface area contributed by atoms with E-state index in [1.165, 1.54) is 5.56 Å². The van der Waals surface area contributed by atoms with Gasteiger partial charge in [-0.3, -0.25) is 4.79 Å². The molecule has 0 bridgehead atoms. The van der Waals surface area contributed by atoms with Gasteiger partial charge in [-0.2, -0.15) is 0 Å². The fourth-order valence-electron chi connectivity index (χ4n) is 5.67. The number of rotatable bonds is 7. The number of amidine groups is 1. The lowest BCUT2D eigenvalue weighted by Gasteiger charge is -2.46. The molecule has 2 aliphatic rings. The molecule has 0 radical (unpaired) electrons. The van der Waals surface area contributed by atoms with Gasteiger partial charge in [-0.1, -0.05) is 54.6 Å². The second-order valence-corrected chi connectivity index (χ2v) is 9.71. The highest BCUT2D eigenvalue weighted by atomic mass is 16.5. The SMILES string of the molecule is CCOc1cc2c(cc1OCC)[C@]1(C)N(CC2)C(C(=O)c2ccc3ccccc3c2)=NN1c1ccccc1. The number of hydrogen-bond donors (Lipinski definition) is 0. The van der Waals surface area contributed by atoms with Crippen molar-refractivity contribution in [1.29, 1.82) is 0 Å². The third-order valence-corrected chi connectivity index (χ3v) is 7.49. The van der Waals surface area contributed by atoms with E-state index in [0.717, 1.165) is 34.2 Å². The van der Waals surface area contributed by atoms with Gasteiger partial charge in [0.2, 0.25) is 5.78 Å². The van der Waals surface area contributed by atoms with Crippen molar-refractivity contribution in [2.45, 2.75) is 32.9 Å². The van der Waals surface area contributed by atoms with Crippen LogP contribution >= 0.6 is 0 Å². The van der Waals surface area contributed by atoms with Crippen molar-refractivity contribution < 1.29 is 14.3 Å². The van der Waals surface area contributed by atoms with E-state index >= 15 is 0 Å². The summed E-state index contributed by atoms with van der Waals surface area (Å²) < 4.78 is 11.9. The predicted molar refractivity (Wildman–Crippen MR) is 151 cm³/mol. The Hall–Kier alpha value is -4.32. The van der Waals surface area contributed by atoms with Crippen LogP contribution in [0.25, 0.3) is 10.8 Å². The largest absolute Gasteiger partial charge is 0.490 e. The van der Waals surface area contributed by atoms with Crippen LogP contribution < -0.4 is 14.5 Å². The first-order chi connectivity index (χ1) is 18.5. The van der Waals surface area contributed by atoms with Crippen molar-refractivity contribution in [2.75, 3.05) is 24.8 Å². The van der Waals surface area contributed by atoms with Crippen LogP contribution in [0.3, 0.4) is 0 Å². The molecule has 0 unspecified atom stereocenters. The molecule has 0 spiro atoms. The Morgan fingerprint density at radius 1 is 0.868 bits per heavy atom. The molecule has 0 saturated heterocycles. The number of hydrogen-bond acceptors (Lipinski definition) is 6. The molecule has 0 fully saturated rings. The van der Waals surface area contributed by atoms with Gasteiger partial charge < -0.3 is 14.4 Å². The normalized spacial score (nSPS) is 18.1. The molecule has 4 aromatic carbocycles. The average Bonchev–Trinajstić information content (AvgIpc) is 3.27. The van der Waals surface area contributed by atoms with Gasteiger partial charge in [-0.25, -0.2) is 5.01 Å². The first-order valence-corrected chi connectivity index (χ1v) is 13.2. The standard InChI is InChI=1S/C32H31N3O3/c1-4-37-28-20-24-17-18-34-31(30(36)25-16-15-22-11-9-10-12-23(22)19-25)33-35(26-13-7-6-8-14-26)32(34,3)27(24)21-29(28)38-5-2/h6-16,19-21H,4-5,17-18H2,1-3H3/t32-/m1/s1. The fraction of sp³-hybridized carbons (Fsp3) is 0.250. The predicted octanol–water partition coefficient (Wildman–Crippen LogP) is 6.38. The molecule has 0 aromatic heterocycles. The van der Waals surface area contributed by atoms with Gasteiger partial charge in [0, 0.05) is 17.7 Å². The summed E-state index contributed by atoms with van der Waals surface area (Å²) in [5.41, 5.74) is 3.07. The lowest BCUT2D eigenvalue weighted by Crippen LogP contribution is -2.55. The van der Waals surface area contributed by atoms with E-state index < -0.39 is 5.66 Å². The summed E-state index contributed by atoms with van der Waals surface area (Å²) in [5, 5.41) is 9.14. The number of nitrogens with zero attached hydrogens (tertiary/aromatic N) is 3. The lowest BCUT2D eigenvalue weighted by atomic mass is 9.86. The van der Waals surface area contributed by atoms with Gasteiger partial charge >= 0.3 is 0 Å². The van der Waals surface area contributed by atoms with E-state index in [0.29, 0.717) is 36.9 Å². The highest BCUT2D eigenvalue weighted by molar-refractivity contribution is 6.46. The quantitative estimate of drug-likeness (QED) is 0.273. The van der Waals surface area contributed by atoms with Crippen LogP contribution in [0.5, 0.6) is 11.5 Å². The number of carbonyl (C=O) groups excluding carboxylic acids is 1. The Bertz CT molecular complexity index is 1550. The number of Topliss-reactive ketones (excluding diaryl/α,β-unsaturated/α-hetero) is 1. The van der Waals surface area contributed by atoms with Gasteiger partial charge in [0.1, 0.15) is 0 Å². The van der Waals surface area contributed by atoms with Gasteiger partial charge in [0.25, 0.3) is 0 Å². The summed E-state index contributed by atoms with van der Waals surface area (Å²) in [6.07, 6.45) is 0.768. The summed E-state index contributed by atoms with van der Waals surface area (Å²) >= 11 is 0. The molecular weight excluding hydrogens is 474 g/mol. The van der Waals surface area contributed by atoms with Gasteiger partial charge in [-0.15, -0.1) is 5.10 Å². The van der Waals surface area contributed by atoms with Crippen molar-refractivity contribution in [3.05, 3.63) is 102 Å². The zero-order valence-corrected chi connectivity index (χ0v) is 22.0. The molecule has 6 rings (SSSR count). The minimum Gasteiger partial charge on any atom is -0.490 e. The molecule has 6 heteroatoms. The maximum atomic E-state index is 14.0. The molecule has 192 valence electrons. The monoisotopic (exact) mass is 505 g/mol. The van der Waals surface area contributed by atoms with Gasteiger partial charge in [0.05, 0.1) is 18.9 Å². The molecule has 6 nitrogen and oxygen atoms in total. The Morgan fingerprint density at radius 2 is 1.55 bits per heavy atom. The van der Waals surface area contributed by atoms with Crippen LogP contribution in [-0.2, 0) is 12.1 Å². The van der Waals surface area contributed by atoms with Crippen LogP contribution in [0.4, 0.5) is 5.69 Å². The molecule has 0 aliphatic carbocycles. The third kappa shape index (κ3) is 3.79. The molecule has 0 amide bonds. The molecule has 2 heterocycles. The second kappa shape index (κ2) is 9.53. The fourth-order valence-corrected chi connectivity index (χ4v) is 5.67. The number of hydrazone groups is 1. The minimum atomic E-state index is -0.715. The lowest BCUT2D eigenvalue weighted by molar-refractivity contribution is 0.103. The average molecular weight is 506 g/mol. The number of carbonyl (C=O) groups is 1. The van der Waals surface area contributed by atoms with E-state index in [2.05, 4.69) is 30.0 Å². The van der Waals surface area contributed by atoms with E-state index in [4.69, 9.17) is 14.6 Å². The smallest absolute Gasteiger partial charge is 0.230 e. The first-order valence-electron chi connectivity index (χ1n) is 13.2. The molecule has 2 aliphatic heterocycles. The zero-order chi connectivity index (χ0) is 26.3. The van der Waals surface area contributed by atoms with E-state index in [1.54, 1.807) is 0 Å². The van der Waals surface area contributed by atoms with Crippen molar-refractivity contribution in [3.63, 3.8) is 0 Å². The molecule has 0 N–H and O–H groups in total.